The first kappa shape index (κ1) is 22.4. The summed E-state index contributed by atoms with van der Waals surface area (Å²) in [5.74, 6) is -2.04. The first-order chi connectivity index (χ1) is 14.7. The maximum atomic E-state index is 12.3. The number of carboxylic acid groups (broad SMARTS) is 1. The summed E-state index contributed by atoms with van der Waals surface area (Å²) in [6.07, 6.45) is 0. The van der Waals surface area contributed by atoms with Crippen LogP contribution in [0.25, 0.3) is 10.4 Å². The third-order valence-corrected chi connectivity index (χ3v) is 6.01. The third-order valence-electron chi connectivity index (χ3n) is 4.25. The molecular weight excluding hydrogens is 465 g/mol. The van der Waals surface area contributed by atoms with Crippen LogP contribution in [0, 0.1) is 4.91 Å². The van der Waals surface area contributed by atoms with Gasteiger partial charge in [-0.2, -0.15) is 5.10 Å². The van der Waals surface area contributed by atoms with Crippen LogP contribution in [0.4, 0.5) is 5.69 Å². The van der Waals surface area contributed by atoms with Crippen LogP contribution < -0.4 is 5.43 Å². The van der Waals surface area contributed by atoms with Crippen molar-refractivity contribution in [1.29, 1.82) is 0 Å². The van der Waals surface area contributed by atoms with E-state index in [-0.39, 0.29) is 22.6 Å². The molecule has 0 saturated carbocycles. The molecule has 3 N–H and O–H groups in total. The highest BCUT2D eigenvalue weighted by molar-refractivity contribution is 7.14. The van der Waals surface area contributed by atoms with Gasteiger partial charge in [0.25, 0.3) is 5.91 Å². The minimum absolute atomic E-state index is 0.00202. The van der Waals surface area contributed by atoms with Gasteiger partial charge in [-0.25, -0.2) is 10.2 Å². The van der Waals surface area contributed by atoms with Gasteiger partial charge in [-0.05, 0) is 48.0 Å². The van der Waals surface area contributed by atoms with Crippen molar-refractivity contribution in [2.45, 2.75) is 6.92 Å². The molecule has 0 aliphatic rings. The van der Waals surface area contributed by atoms with Gasteiger partial charge in [-0.3, -0.25) is 4.79 Å². The molecule has 2 aromatic carbocycles. The van der Waals surface area contributed by atoms with Crippen LogP contribution in [0.1, 0.15) is 33.2 Å². The summed E-state index contributed by atoms with van der Waals surface area (Å²) in [5, 5.41) is 28.6. The second-order valence-corrected chi connectivity index (χ2v) is 7.92. The predicted molar refractivity (Wildman–Crippen MR) is 120 cm³/mol. The predicted octanol–water partition coefficient (Wildman–Crippen LogP) is 5.68. The van der Waals surface area contributed by atoms with Crippen LogP contribution >= 0.6 is 34.5 Å². The molecule has 0 atom stereocenters. The molecule has 3 aromatic rings. The molecule has 3 rings (SSSR count). The fourth-order valence-corrected chi connectivity index (χ4v) is 3.94. The number of benzene rings is 2. The third kappa shape index (κ3) is 4.74. The van der Waals surface area contributed by atoms with E-state index >= 15 is 0 Å². The fraction of sp³-hybridized carbons (Fsp3) is 0.0500. The van der Waals surface area contributed by atoms with Crippen molar-refractivity contribution in [3.05, 3.63) is 73.4 Å². The molecule has 11 heteroatoms. The number of carboxylic acids is 1. The summed E-state index contributed by atoms with van der Waals surface area (Å²) < 4.78 is 0. The zero-order valence-electron chi connectivity index (χ0n) is 15.7. The molecule has 0 fully saturated rings. The lowest BCUT2D eigenvalue weighted by atomic mass is 10.1. The largest absolute Gasteiger partial charge is 0.506 e. The summed E-state index contributed by atoms with van der Waals surface area (Å²) in [5.41, 5.74) is 3.02. The molecule has 1 heterocycles. The van der Waals surface area contributed by atoms with Crippen molar-refractivity contribution in [3.63, 3.8) is 0 Å². The molecule has 1 aromatic heterocycles. The number of rotatable bonds is 6. The van der Waals surface area contributed by atoms with Gasteiger partial charge >= 0.3 is 5.97 Å². The molecule has 0 aliphatic heterocycles. The van der Waals surface area contributed by atoms with Gasteiger partial charge in [-0.15, -0.1) is 16.2 Å². The number of nitrogens with zero attached hydrogens (tertiary/aromatic N) is 2. The highest BCUT2D eigenvalue weighted by Gasteiger charge is 2.17. The van der Waals surface area contributed by atoms with Crippen LogP contribution in [-0.2, 0) is 0 Å². The van der Waals surface area contributed by atoms with Gasteiger partial charge in [0.15, 0.2) is 0 Å². The quantitative estimate of drug-likeness (QED) is 0.239. The Balaban J connectivity index is 1.82. The number of hydrogen-bond acceptors (Lipinski definition) is 7. The summed E-state index contributed by atoms with van der Waals surface area (Å²) >= 11 is 13.2. The van der Waals surface area contributed by atoms with Crippen LogP contribution in [0.15, 0.2) is 52.1 Å². The SMILES string of the molecule is C/C(=N\NC(=O)c1ccc(C(=O)O)c(N=O)c1)c1csc(-c2ccc(Cl)c(Cl)c2)c1O. The van der Waals surface area contributed by atoms with Crippen molar-refractivity contribution < 1.29 is 19.8 Å². The van der Waals surface area contributed by atoms with E-state index in [1.807, 2.05) is 0 Å². The Labute approximate surface area is 189 Å². The van der Waals surface area contributed by atoms with E-state index in [2.05, 4.69) is 15.7 Å². The average Bonchev–Trinajstić information content (AvgIpc) is 3.14. The lowest BCUT2D eigenvalue weighted by Crippen LogP contribution is -2.19. The second kappa shape index (κ2) is 9.25. The molecule has 1 amide bonds. The van der Waals surface area contributed by atoms with Gasteiger partial charge in [0.2, 0.25) is 0 Å². The van der Waals surface area contributed by atoms with Crippen LogP contribution in [0.5, 0.6) is 5.75 Å². The van der Waals surface area contributed by atoms with Gasteiger partial charge in [-0.1, -0.05) is 29.3 Å². The molecule has 0 unspecified atom stereocenters. The Morgan fingerprint density at radius 1 is 1.06 bits per heavy atom. The average molecular weight is 478 g/mol. The Hall–Kier alpha value is -3.27. The molecule has 0 spiro atoms. The number of hydrogen-bond donors (Lipinski definition) is 3. The van der Waals surface area contributed by atoms with E-state index in [9.17, 15) is 19.6 Å². The second-order valence-electron chi connectivity index (χ2n) is 6.22. The van der Waals surface area contributed by atoms with Gasteiger partial charge in [0.05, 0.1) is 31.8 Å². The van der Waals surface area contributed by atoms with E-state index in [0.29, 0.717) is 31.8 Å². The summed E-state index contributed by atoms with van der Waals surface area (Å²) in [4.78, 5) is 34.8. The van der Waals surface area contributed by atoms with Gasteiger partial charge < -0.3 is 10.2 Å². The van der Waals surface area contributed by atoms with Crippen molar-refractivity contribution in [2.75, 3.05) is 0 Å². The number of halogens is 2. The molecular formula is C20H13Cl2N3O5S. The van der Waals surface area contributed by atoms with Gasteiger partial charge in [0, 0.05) is 10.9 Å². The van der Waals surface area contributed by atoms with Crippen molar-refractivity contribution in [3.8, 4) is 16.2 Å². The fourth-order valence-electron chi connectivity index (χ4n) is 2.64. The first-order valence-electron chi connectivity index (χ1n) is 8.54. The highest BCUT2D eigenvalue weighted by Crippen LogP contribution is 2.40. The minimum Gasteiger partial charge on any atom is -0.506 e. The van der Waals surface area contributed by atoms with E-state index in [1.54, 1.807) is 30.5 Å². The molecule has 158 valence electrons. The molecule has 31 heavy (non-hydrogen) atoms. The Morgan fingerprint density at radius 2 is 1.81 bits per heavy atom. The number of amides is 1. The summed E-state index contributed by atoms with van der Waals surface area (Å²) in [6.45, 7) is 1.59. The number of aromatic carboxylic acids is 1. The highest BCUT2D eigenvalue weighted by atomic mass is 35.5. The number of nitrogens with one attached hydrogen (secondary N) is 1. The summed E-state index contributed by atoms with van der Waals surface area (Å²) in [6, 6.07) is 8.38. The lowest BCUT2D eigenvalue weighted by Gasteiger charge is -2.05. The Kier molecular flexibility index (Phi) is 6.69. The van der Waals surface area contributed by atoms with Crippen molar-refractivity contribution >= 4 is 57.8 Å². The molecule has 0 bridgehead atoms. The number of carbonyl (C=O) groups excluding carboxylic acids is 1. The number of hydrazone groups is 1. The van der Waals surface area contributed by atoms with Crippen molar-refractivity contribution in [2.24, 2.45) is 10.3 Å². The normalized spacial score (nSPS) is 11.3. The van der Waals surface area contributed by atoms with E-state index < -0.39 is 11.9 Å². The number of aromatic hydroxyl groups is 1. The zero-order chi connectivity index (χ0) is 22.7. The van der Waals surface area contributed by atoms with Gasteiger partial charge in [0.1, 0.15) is 11.4 Å². The molecule has 0 aliphatic carbocycles. The van der Waals surface area contributed by atoms with Crippen LogP contribution in [0.3, 0.4) is 0 Å². The smallest absolute Gasteiger partial charge is 0.338 e. The molecule has 8 nitrogen and oxygen atoms in total. The Morgan fingerprint density at radius 3 is 2.45 bits per heavy atom. The van der Waals surface area contributed by atoms with E-state index in [1.165, 1.54) is 17.4 Å². The standard InChI is InChI=1S/C20H13Cl2N3O5S/c1-9(13-8-31-18(17(13)26)10-3-5-14(21)15(22)6-10)23-24-19(27)11-2-4-12(20(28)29)16(7-11)25-30/h2-8,26H,1H3,(H,24,27)(H,28,29)/b23-9+. The summed E-state index contributed by atoms with van der Waals surface area (Å²) in [7, 11) is 0. The van der Waals surface area contributed by atoms with Crippen molar-refractivity contribution in [1.82, 2.24) is 5.43 Å². The maximum absolute atomic E-state index is 12.3. The van der Waals surface area contributed by atoms with Crippen LogP contribution in [0.2, 0.25) is 10.0 Å². The monoisotopic (exact) mass is 477 g/mol. The first-order valence-corrected chi connectivity index (χ1v) is 10.2. The number of thiophene rings is 1. The number of carbonyl (C=O) groups is 2. The topological polar surface area (TPSA) is 128 Å². The minimum atomic E-state index is -1.33. The maximum Gasteiger partial charge on any atom is 0.338 e. The zero-order valence-corrected chi connectivity index (χ0v) is 18.0. The number of nitroso groups, excluding NO2 is 1. The lowest BCUT2D eigenvalue weighted by molar-refractivity contribution is 0.0697. The van der Waals surface area contributed by atoms with E-state index in [0.717, 1.165) is 12.1 Å². The Bertz CT molecular complexity index is 1240. The van der Waals surface area contributed by atoms with Crippen LogP contribution in [-0.4, -0.2) is 27.8 Å². The molecule has 0 saturated heterocycles. The van der Waals surface area contributed by atoms with E-state index in [4.69, 9.17) is 28.3 Å². The molecule has 0 radical (unpaired) electrons.